The standard InChI is InChI=1S/C27H26N2O3/c30-24-15-16-29(27(31)32-18-19-9-3-1-4-10-19)17-22(24)25-21-13-7-8-14-23(21)28-26(25)20-11-5-2-6-12-20/h1-14,22,24,28,30H,15-18H2. The van der Waals surface area contributed by atoms with Gasteiger partial charge in [0.05, 0.1) is 11.8 Å². The van der Waals surface area contributed by atoms with Crippen LogP contribution in [-0.2, 0) is 11.3 Å². The highest BCUT2D eigenvalue weighted by Gasteiger charge is 2.35. The normalized spacial score (nSPS) is 18.6. The lowest BCUT2D eigenvalue weighted by molar-refractivity contribution is 0.0428. The summed E-state index contributed by atoms with van der Waals surface area (Å²) in [5.41, 5.74) is 5.10. The molecule has 2 atom stereocenters. The average Bonchev–Trinajstić information content (AvgIpc) is 3.23. The fourth-order valence-electron chi connectivity index (χ4n) is 4.58. The van der Waals surface area contributed by atoms with E-state index in [2.05, 4.69) is 23.2 Å². The number of piperidine rings is 1. The Balaban J connectivity index is 1.44. The van der Waals surface area contributed by atoms with Crippen molar-refractivity contribution >= 4 is 17.0 Å². The molecule has 1 amide bonds. The van der Waals surface area contributed by atoms with Gasteiger partial charge in [-0.25, -0.2) is 4.79 Å². The van der Waals surface area contributed by atoms with Crippen LogP contribution >= 0.6 is 0 Å². The number of nitrogens with zero attached hydrogens (tertiary/aromatic N) is 1. The smallest absolute Gasteiger partial charge is 0.410 e. The Morgan fingerprint density at radius 3 is 2.44 bits per heavy atom. The van der Waals surface area contributed by atoms with E-state index in [1.54, 1.807) is 4.90 Å². The number of amides is 1. The van der Waals surface area contributed by atoms with Crippen molar-refractivity contribution in [1.29, 1.82) is 0 Å². The van der Waals surface area contributed by atoms with Gasteiger partial charge in [-0.3, -0.25) is 0 Å². The Morgan fingerprint density at radius 1 is 0.969 bits per heavy atom. The third-order valence-electron chi connectivity index (χ3n) is 6.22. The molecule has 0 radical (unpaired) electrons. The SMILES string of the molecule is O=C(OCc1ccccc1)N1CCC(O)C(c2c(-c3ccccc3)[nH]c3ccccc23)C1. The minimum Gasteiger partial charge on any atom is -0.445 e. The van der Waals surface area contributed by atoms with Gasteiger partial charge in [-0.15, -0.1) is 0 Å². The highest BCUT2D eigenvalue weighted by Crippen LogP contribution is 2.39. The Hall–Kier alpha value is -3.57. The van der Waals surface area contributed by atoms with Gasteiger partial charge in [-0.1, -0.05) is 78.9 Å². The number of hydrogen-bond donors (Lipinski definition) is 2. The van der Waals surface area contributed by atoms with Gasteiger partial charge in [0, 0.05) is 29.9 Å². The molecule has 1 fully saturated rings. The third kappa shape index (κ3) is 3.99. The van der Waals surface area contributed by atoms with Crippen molar-refractivity contribution in [2.45, 2.75) is 25.0 Å². The number of aromatic nitrogens is 1. The lowest BCUT2D eigenvalue weighted by Crippen LogP contribution is -2.45. The van der Waals surface area contributed by atoms with E-state index in [1.165, 1.54) is 0 Å². The van der Waals surface area contributed by atoms with Gasteiger partial charge in [-0.05, 0) is 29.2 Å². The maximum absolute atomic E-state index is 12.8. The first-order chi connectivity index (χ1) is 15.7. The number of carbonyl (C=O) groups excluding carboxylic acids is 1. The van der Waals surface area contributed by atoms with Gasteiger partial charge in [0.2, 0.25) is 0 Å². The number of nitrogens with one attached hydrogen (secondary N) is 1. The first kappa shape index (κ1) is 20.3. The van der Waals surface area contributed by atoms with Crippen molar-refractivity contribution in [1.82, 2.24) is 9.88 Å². The van der Waals surface area contributed by atoms with E-state index >= 15 is 0 Å². The maximum atomic E-state index is 12.8. The zero-order chi connectivity index (χ0) is 21.9. The topological polar surface area (TPSA) is 65.6 Å². The molecular weight excluding hydrogens is 400 g/mol. The fourth-order valence-corrected chi connectivity index (χ4v) is 4.58. The Labute approximate surface area is 187 Å². The van der Waals surface area contributed by atoms with Crippen LogP contribution in [0.25, 0.3) is 22.2 Å². The molecule has 2 unspecified atom stereocenters. The van der Waals surface area contributed by atoms with E-state index < -0.39 is 6.10 Å². The molecule has 0 aliphatic carbocycles. The molecule has 1 saturated heterocycles. The van der Waals surface area contributed by atoms with Crippen LogP contribution in [0, 0.1) is 0 Å². The molecule has 5 heteroatoms. The van der Waals surface area contributed by atoms with Crippen molar-refractivity contribution in [3.05, 3.63) is 96.1 Å². The molecule has 5 rings (SSSR count). The Kier molecular flexibility index (Phi) is 5.65. The average molecular weight is 427 g/mol. The zero-order valence-electron chi connectivity index (χ0n) is 17.8. The summed E-state index contributed by atoms with van der Waals surface area (Å²) >= 11 is 0. The number of para-hydroxylation sites is 1. The van der Waals surface area contributed by atoms with Gasteiger partial charge in [0.1, 0.15) is 6.61 Å². The molecular formula is C27H26N2O3. The Morgan fingerprint density at radius 2 is 1.66 bits per heavy atom. The number of hydrogen-bond acceptors (Lipinski definition) is 3. The molecule has 2 N–H and O–H groups in total. The number of rotatable bonds is 4. The van der Waals surface area contributed by atoms with Crippen molar-refractivity contribution in [3.63, 3.8) is 0 Å². The van der Waals surface area contributed by atoms with E-state index in [4.69, 9.17) is 4.74 Å². The number of aromatic amines is 1. The predicted molar refractivity (Wildman–Crippen MR) is 125 cm³/mol. The molecule has 0 spiro atoms. The summed E-state index contributed by atoms with van der Waals surface area (Å²) in [4.78, 5) is 18.1. The van der Waals surface area contributed by atoms with E-state index in [0.717, 1.165) is 33.3 Å². The molecule has 162 valence electrons. The second-order valence-electron chi connectivity index (χ2n) is 8.27. The quantitative estimate of drug-likeness (QED) is 0.464. The summed E-state index contributed by atoms with van der Waals surface area (Å²) in [7, 11) is 0. The number of carbonyl (C=O) groups is 1. The number of benzene rings is 3. The molecule has 0 bridgehead atoms. The highest BCUT2D eigenvalue weighted by atomic mass is 16.6. The lowest BCUT2D eigenvalue weighted by atomic mass is 9.85. The number of likely N-dealkylation sites (tertiary alicyclic amines) is 1. The van der Waals surface area contributed by atoms with Crippen LogP contribution in [0.3, 0.4) is 0 Å². The number of H-pyrrole nitrogens is 1. The van der Waals surface area contributed by atoms with E-state index in [0.29, 0.717) is 19.5 Å². The van der Waals surface area contributed by atoms with Crippen LogP contribution in [0.1, 0.15) is 23.5 Å². The van der Waals surface area contributed by atoms with Gasteiger partial charge >= 0.3 is 6.09 Å². The van der Waals surface area contributed by atoms with E-state index in [-0.39, 0.29) is 18.6 Å². The molecule has 32 heavy (non-hydrogen) atoms. The van der Waals surface area contributed by atoms with Crippen LogP contribution in [0.5, 0.6) is 0 Å². The largest absolute Gasteiger partial charge is 0.445 e. The van der Waals surface area contributed by atoms with E-state index in [1.807, 2.05) is 66.7 Å². The molecule has 3 aromatic carbocycles. The monoisotopic (exact) mass is 426 g/mol. The molecule has 0 saturated carbocycles. The summed E-state index contributed by atoms with van der Waals surface area (Å²) in [6, 6.07) is 27.9. The molecule has 5 nitrogen and oxygen atoms in total. The number of aliphatic hydroxyl groups excluding tert-OH is 1. The maximum Gasteiger partial charge on any atom is 0.410 e. The third-order valence-corrected chi connectivity index (χ3v) is 6.22. The molecule has 1 aliphatic rings. The fraction of sp³-hybridized carbons (Fsp3) is 0.222. The van der Waals surface area contributed by atoms with Gasteiger partial charge in [-0.2, -0.15) is 0 Å². The van der Waals surface area contributed by atoms with Crippen molar-refractivity contribution in [3.8, 4) is 11.3 Å². The Bertz CT molecular complexity index is 1200. The number of fused-ring (bicyclic) bond motifs is 1. The first-order valence-electron chi connectivity index (χ1n) is 11.0. The highest BCUT2D eigenvalue weighted by molar-refractivity contribution is 5.91. The van der Waals surface area contributed by atoms with Crippen molar-refractivity contribution < 1.29 is 14.6 Å². The summed E-state index contributed by atoms with van der Waals surface area (Å²) in [5, 5.41) is 12.1. The van der Waals surface area contributed by atoms with Gasteiger partial charge in [0.15, 0.2) is 0 Å². The van der Waals surface area contributed by atoms with Crippen LogP contribution in [0.4, 0.5) is 4.79 Å². The number of ether oxygens (including phenoxy) is 1. The second-order valence-corrected chi connectivity index (χ2v) is 8.27. The summed E-state index contributed by atoms with van der Waals surface area (Å²) < 4.78 is 5.57. The minimum absolute atomic E-state index is 0.209. The summed E-state index contributed by atoms with van der Waals surface area (Å²) in [6.07, 6.45) is -0.361. The summed E-state index contributed by atoms with van der Waals surface area (Å²) in [5.74, 6) is -0.209. The molecule has 1 aliphatic heterocycles. The van der Waals surface area contributed by atoms with Crippen LogP contribution in [-0.4, -0.2) is 40.3 Å². The van der Waals surface area contributed by atoms with Crippen molar-refractivity contribution in [2.24, 2.45) is 0 Å². The summed E-state index contributed by atoms with van der Waals surface area (Å²) in [6.45, 7) is 1.14. The van der Waals surface area contributed by atoms with Crippen LogP contribution in [0.15, 0.2) is 84.9 Å². The van der Waals surface area contributed by atoms with Crippen LogP contribution in [0.2, 0.25) is 0 Å². The molecule has 1 aromatic heterocycles. The van der Waals surface area contributed by atoms with Crippen molar-refractivity contribution in [2.75, 3.05) is 13.1 Å². The van der Waals surface area contributed by atoms with Crippen LogP contribution < -0.4 is 0 Å². The van der Waals surface area contributed by atoms with Gasteiger partial charge < -0.3 is 19.7 Å². The lowest BCUT2D eigenvalue weighted by Gasteiger charge is -2.36. The predicted octanol–water partition coefficient (Wildman–Crippen LogP) is 5.32. The zero-order valence-corrected chi connectivity index (χ0v) is 17.8. The van der Waals surface area contributed by atoms with E-state index in [9.17, 15) is 9.90 Å². The second kappa shape index (κ2) is 8.89. The first-order valence-corrected chi connectivity index (χ1v) is 11.0. The van der Waals surface area contributed by atoms with Gasteiger partial charge in [0.25, 0.3) is 0 Å². The minimum atomic E-state index is -0.533. The molecule has 2 heterocycles. The molecule has 4 aromatic rings. The number of aliphatic hydroxyl groups is 1.